The highest BCUT2D eigenvalue weighted by Gasteiger charge is 2.48. The number of aromatic nitrogens is 2. The molecule has 0 aliphatic carbocycles. The number of ether oxygens (including phenoxy) is 6. The summed E-state index contributed by atoms with van der Waals surface area (Å²) >= 11 is 0. The van der Waals surface area contributed by atoms with Crippen LogP contribution in [0.5, 0.6) is 11.5 Å². The van der Waals surface area contributed by atoms with E-state index in [1.54, 1.807) is 64.8 Å². The van der Waals surface area contributed by atoms with Crippen LogP contribution in [0.25, 0.3) is 11.1 Å². The normalized spacial score (nSPS) is 17.5. The molecule has 3 unspecified atom stereocenters. The first-order valence-electron chi connectivity index (χ1n) is 24.2. The van der Waals surface area contributed by atoms with Gasteiger partial charge in [0.05, 0.1) is 43.3 Å². The van der Waals surface area contributed by atoms with Crippen molar-refractivity contribution in [2.45, 2.75) is 76.5 Å². The number of hydrogen-bond acceptors (Lipinski definition) is 13. The van der Waals surface area contributed by atoms with Crippen molar-refractivity contribution in [1.82, 2.24) is 24.7 Å². The van der Waals surface area contributed by atoms with E-state index in [9.17, 15) is 38.7 Å². The van der Waals surface area contributed by atoms with E-state index in [1.807, 2.05) is 12.1 Å². The van der Waals surface area contributed by atoms with Crippen molar-refractivity contribution < 1.29 is 67.1 Å². The lowest BCUT2D eigenvalue weighted by molar-refractivity contribution is -0.195. The molecule has 2 aromatic carbocycles. The fourth-order valence-electron chi connectivity index (χ4n) is 8.76. The highest BCUT2D eigenvalue weighted by molar-refractivity contribution is 6.06. The Bertz CT molecular complexity index is 2760. The molecule has 0 saturated carbocycles. The summed E-state index contributed by atoms with van der Waals surface area (Å²) < 4.78 is 37.1. The number of anilines is 3. The Hall–Kier alpha value is -8.11. The van der Waals surface area contributed by atoms with Crippen molar-refractivity contribution in [3.05, 3.63) is 103 Å². The van der Waals surface area contributed by atoms with Gasteiger partial charge < -0.3 is 68.8 Å². The topological polar surface area (TPSA) is 260 Å². The van der Waals surface area contributed by atoms with Gasteiger partial charge in [-0.15, -0.1) is 0 Å². The summed E-state index contributed by atoms with van der Waals surface area (Å²) in [5.74, 6) is -1.73. The lowest BCUT2D eigenvalue weighted by Crippen LogP contribution is -2.53. The number of methoxy groups -OCH3 is 1. The van der Waals surface area contributed by atoms with Crippen LogP contribution in [0.4, 0.5) is 26.7 Å². The van der Waals surface area contributed by atoms with Gasteiger partial charge in [-0.1, -0.05) is 36.9 Å². The maximum absolute atomic E-state index is 14.0. The number of esters is 1. The van der Waals surface area contributed by atoms with Crippen LogP contribution >= 0.6 is 0 Å². The second-order valence-electron chi connectivity index (χ2n) is 18.0. The molecule has 5 heterocycles. The van der Waals surface area contributed by atoms with Crippen molar-refractivity contribution in [1.29, 1.82) is 0 Å². The molecule has 0 radical (unpaired) electrons. The molecule has 3 aliphatic heterocycles. The fourth-order valence-corrected chi connectivity index (χ4v) is 8.76. The van der Waals surface area contributed by atoms with Gasteiger partial charge in [-0.25, -0.2) is 19.3 Å². The number of carbonyl (C=O) groups excluding carboxylic acids is 6. The van der Waals surface area contributed by atoms with Crippen LogP contribution < -0.4 is 35.6 Å². The van der Waals surface area contributed by atoms with E-state index in [4.69, 9.17) is 28.4 Å². The standard InChI is InChI=1S/C52H62N8O14/c1-7-19-73-51(66)54-32(3)50(65)72-22-11-18-53-46(62)39-24-34(29-57(39)4)33-14-16-35(17-15-33)56-47(63)40-25-36(30-58(40)5)55-44(61)12-10-21-70-43-27-38-37(26-42(43)69-6)48(64)59-28-31(2)23-41(59)49(60(38)52(67)68)74-45-13-8-9-20-71-45/h7,14-17,24-27,29-30,32,41,45,49H,1-2,8-13,18-23,28H2,3-6H3,(H,53,62)(H,54,66)(H,55,61)(H,56,63)(H,67,68)/t32-,41?,45?,49?/m0/s1. The van der Waals surface area contributed by atoms with Gasteiger partial charge in [0.15, 0.2) is 24.0 Å². The Morgan fingerprint density at radius 1 is 0.892 bits per heavy atom. The highest BCUT2D eigenvalue weighted by Crippen LogP contribution is 2.43. The van der Waals surface area contributed by atoms with Crippen LogP contribution in [0.1, 0.15) is 83.2 Å². The summed E-state index contributed by atoms with van der Waals surface area (Å²) in [4.78, 5) is 92.9. The third-order valence-corrected chi connectivity index (χ3v) is 12.5. The lowest BCUT2D eigenvalue weighted by atomic mass is 10.1. The fraction of sp³-hybridized carbons (Fsp3) is 0.404. The van der Waals surface area contributed by atoms with Crippen LogP contribution in [0.15, 0.2) is 85.7 Å². The number of fused-ring (bicyclic) bond motifs is 2. The third kappa shape index (κ3) is 13.1. The Morgan fingerprint density at radius 2 is 1.65 bits per heavy atom. The average Bonchev–Trinajstić information content (AvgIpc) is 4.07. The minimum absolute atomic E-state index is 0.00709. The van der Waals surface area contributed by atoms with E-state index in [0.29, 0.717) is 42.9 Å². The summed E-state index contributed by atoms with van der Waals surface area (Å²) in [7, 11) is 4.84. The van der Waals surface area contributed by atoms with Gasteiger partial charge >= 0.3 is 18.2 Å². The minimum Gasteiger partial charge on any atom is -0.493 e. The van der Waals surface area contributed by atoms with Gasteiger partial charge in [0.25, 0.3) is 17.7 Å². The quantitative estimate of drug-likeness (QED) is 0.0354. The molecule has 74 heavy (non-hydrogen) atoms. The number of carboxylic acid groups (broad SMARTS) is 1. The number of rotatable bonds is 21. The Labute approximate surface area is 427 Å². The Balaban J connectivity index is 0.882. The maximum atomic E-state index is 14.0. The summed E-state index contributed by atoms with van der Waals surface area (Å²) in [6.07, 6.45) is 4.30. The van der Waals surface area contributed by atoms with Crippen LogP contribution in [-0.4, -0.2) is 132 Å². The monoisotopic (exact) mass is 1020 g/mol. The molecule has 22 heteroatoms. The zero-order valence-electron chi connectivity index (χ0n) is 41.8. The van der Waals surface area contributed by atoms with Crippen molar-refractivity contribution in [3.8, 4) is 22.6 Å². The molecule has 6 amide bonds. The molecule has 0 spiro atoms. The Kier molecular flexibility index (Phi) is 17.8. The largest absolute Gasteiger partial charge is 0.493 e. The second kappa shape index (κ2) is 24.5. The van der Waals surface area contributed by atoms with E-state index in [2.05, 4.69) is 34.4 Å². The Morgan fingerprint density at radius 3 is 2.36 bits per heavy atom. The van der Waals surface area contributed by atoms with Gasteiger partial charge in [0.2, 0.25) is 5.91 Å². The number of benzene rings is 2. The molecule has 7 rings (SSSR count). The molecule has 5 N–H and O–H groups in total. The van der Waals surface area contributed by atoms with Crippen molar-refractivity contribution in [2.24, 2.45) is 14.1 Å². The third-order valence-electron chi connectivity index (χ3n) is 12.5. The highest BCUT2D eigenvalue weighted by atomic mass is 16.7. The average molecular weight is 1020 g/mol. The van der Waals surface area contributed by atoms with Crippen molar-refractivity contribution in [2.75, 3.05) is 62.2 Å². The van der Waals surface area contributed by atoms with Crippen LogP contribution in [0.3, 0.4) is 0 Å². The molecular formula is C52H62N8O14. The second-order valence-corrected chi connectivity index (χ2v) is 18.0. The molecular weight excluding hydrogens is 961 g/mol. The number of nitrogens with zero attached hydrogens (tertiary/aromatic N) is 4. The van der Waals surface area contributed by atoms with Gasteiger partial charge in [-0.3, -0.25) is 19.2 Å². The minimum atomic E-state index is -1.32. The van der Waals surface area contributed by atoms with E-state index in [1.165, 1.54) is 32.2 Å². The molecule has 22 nitrogen and oxygen atoms in total. The number of carbonyl (C=O) groups is 7. The van der Waals surface area contributed by atoms with Crippen molar-refractivity contribution >= 4 is 58.8 Å². The van der Waals surface area contributed by atoms with Crippen LogP contribution in [-0.2, 0) is 42.6 Å². The van der Waals surface area contributed by atoms with Crippen molar-refractivity contribution in [3.63, 3.8) is 0 Å². The van der Waals surface area contributed by atoms with E-state index < -0.39 is 54.6 Å². The predicted molar refractivity (Wildman–Crippen MR) is 270 cm³/mol. The maximum Gasteiger partial charge on any atom is 0.414 e. The molecule has 2 aromatic heterocycles. The smallest absolute Gasteiger partial charge is 0.414 e. The molecule has 4 aromatic rings. The SMILES string of the molecule is C=CCOC(=O)N[C@@H](C)C(=O)OCCCNC(=O)c1cc(-c2ccc(NC(=O)c3cc(NC(=O)CCCOc4cc5c(cc4OC)C(=O)N4CC(=C)CC4C(OC4CCCCO4)N5C(=O)O)cn3C)cc2)cn1C. The van der Waals surface area contributed by atoms with Crippen LogP contribution in [0, 0.1) is 0 Å². The summed E-state index contributed by atoms with van der Waals surface area (Å²) in [5, 5.41) is 21.5. The number of nitrogens with one attached hydrogen (secondary N) is 4. The number of aryl methyl sites for hydroxylation is 2. The zero-order chi connectivity index (χ0) is 53.1. The summed E-state index contributed by atoms with van der Waals surface area (Å²) in [6, 6.07) is 11.7. The molecule has 2 saturated heterocycles. The van der Waals surface area contributed by atoms with E-state index >= 15 is 0 Å². The number of hydrogen-bond donors (Lipinski definition) is 5. The first kappa shape index (κ1) is 53.7. The number of amides is 6. The summed E-state index contributed by atoms with van der Waals surface area (Å²) in [5.41, 5.74) is 4.12. The van der Waals surface area contributed by atoms with Gasteiger partial charge in [0.1, 0.15) is 24.0 Å². The lowest BCUT2D eigenvalue weighted by Gasteiger charge is -2.37. The van der Waals surface area contributed by atoms with Crippen LogP contribution in [0.2, 0.25) is 0 Å². The zero-order valence-corrected chi connectivity index (χ0v) is 41.8. The van der Waals surface area contributed by atoms with Gasteiger partial charge in [-0.2, -0.15) is 0 Å². The first-order chi connectivity index (χ1) is 35.5. The van der Waals surface area contributed by atoms with Gasteiger partial charge in [-0.05, 0) is 81.3 Å². The first-order valence-corrected chi connectivity index (χ1v) is 24.2. The molecule has 0 bridgehead atoms. The summed E-state index contributed by atoms with van der Waals surface area (Å²) in [6.45, 7) is 10.0. The van der Waals surface area contributed by atoms with E-state index in [-0.39, 0.29) is 86.0 Å². The molecule has 2 fully saturated rings. The molecule has 3 aliphatic rings. The van der Waals surface area contributed by atoms with Gasteiger partial charge in [0, 0.05) is 69.9 Å². The molecule has 4 atom stereocenters. The van der Waals surface area contributed by atoms with E-state index in [0.717, 1.165) is 34.4 Å². The molecule has 394 valence electrons. The predicted octanol–water partition coefficient (Wildman–Crippen LogP) is 6.19. The number of alkyl carbamates (subject to hydrolysis) is 1.